The number of hydrogen-bond donors (Lipinski definition) is 2. The van der Waals surface area contributed by atoms with Crippen molar-refractivity contribution in [2.45, 2.75) is 12.6 Å². The van der Waals surface area contributed by atoms with Gasteiger partial charge in [0.15, 0.2) is 0 Å². The zero-order valence-corrected chi connectivity index (χ0v) is 20.6. The van der Waals surface area contributed by atoms with Gasteiger partial charge < -0.3 is 15.2 Å². The van der Waals surface area contributed by atoms with Gasteiger partial charge in [-0.2, -0.15) is 4.31 Å². The molecule has 2 heterocycles. The maximum Gasteiger partial charge on any atom is 0.322 e. The molecule has 10 nitrogen and oxygen atoms in total. The van der Waals surface area contributed by atoms with E-state index < -0.39 is 27.9 Å². The summed E-state index contributed by atoms with van der Waals surface area (Å²) in [4.78, 5) is 30.4. The van der Waals surface area contributed by atoms with Gasteiger partial charge in [-0.15, -0.1) is 0 Å². The molecule has 2 aromatic carbocycles. The molecule has 1 amide bonds. The van der Waals surface area contributed by atoms with Crippen LogP contribution in [0.1, 0.15) is 15.9 Å². The van der Waals surface area contributed by atoms with Gasteiger partial charge in [0, 0.05) is 55.4 Å². The maximum atomic E-state index is 12.6. The number of nitrogens with one attached hydrogen (secondary N) is 1. The summed E-state index contributed by atoms with van der Waals surface area (Å²) in [5.41, 5.74) is 2.27. The number of hydrogen-bond acceptors (Lipinski definition) is 7. The third-order valence-corrected chi connectivity index (χ3v) is 7.48. The fraction of sp³-hybridized carbons (Fsp3) is 0.320. The fourth-order valence-electron chi connectivity index (χ4n) is 4.16. The van der Waals surface area contributed by atoms with Crippen molar-refractivity contribution in [1.29, 1.82) is 0 Å². The van der Waals surface area contributed by atoms with Crippen molar-refractivity contribution in [2.24, 2.45) is 0 Å². The molecule has 0 aliphatic carbocycles. The highest BCUT2D eigenvalue weighted by molar-refractivity contribution is 7.88. The van der Waals surface area contributed by atoms with Gasteiger partial charge >= 0.3 is 5.97 Å². The van der Waals surface area contributed by atoms with E-state index in [4.69, 9.17) is 4.74 Å². The molecule has 1 aliphatic heterocycles. The minimum atomic E-state index is -3.31. The molecule has 36 heavy (non-hydrogen) atoms. The molecule has 1 atom stereocenters. The van der Waals surface area contributed by atoms with Gasteiger partial charge in [-0.25, -0.2) is 8.42 Å². The second kappa shape index (κ2) is 11.0. The topological polar surface area (TPSA) is 129 Å². The smallest absolute Gasteiger partial charge is 0.322 e. The van der Waals surface area contributed by atoms with E-state index >= 15 is 0 Å². The molecule has 190 valence electrons. The molecule has 0 saturated carbocycles. The maximum absolute atomic E-state index is 12.6. The Bertz CT molecular complexity index is 1330. The number of fused-ring (bicyclic) bond motifs is 1. The highest BCUT2D eigenvalue weighted by atomic mass is 32.2. The van der Waals surface area contributed by atoms with E-state index in [1.165, 1.54) is 4.31 Å². The van der Waals surface area contributed by atoms with Crippen molar-refractivity contribution in [3.63, 3.8) is 0 Å². The second-order valence-corrected chi connectivity index (χ2v) is 10.5. The Morgan fingerprint density at radius 2 is 1.75 bits per heavy atom. The van der Waals surface area contributed by atoms with Crippen molar-refractivity contribution in [3.05, 3.63) is 71.9 Å². The van der Waals surface area contributed by atoms with E-state index in [9.17, 15) is 23.1 Å². The lowest BCUT2D eigenvalue weighted by Gasteiger charge is -2.36. The summed E-state index contributed by atoms with van der Waals surface area (Å²) in [6, 6.07) is 15.4. The first kappa shape index (κ1) is 25.5. The van der Waals surface area contributed by atoms with Crippen molar-refractivity contribution in [2.75, 3.05) is 39.0 Å². The van der Waals surface area contributed by atoms with Gasteiger partial charge in [0.1, 0.15) is 18.4 Å². The first-order valence-electron chi connectivity index (χ1n) is 11.5. The Morgan fingerprint density at radius 3 is 2.42 bits per heavy atom. The molecular formula is C25H28N4O6S. The van der Waals surface area contributed by atoms with Crippen molar-refractivity contribution >= 4 is 32.8 Å². The second-order valence-electron chi connectivity index (χ2n) is 8.56. The molecule has 3 aromatic rings. The molecule has 1 aromatic heterocycles. The van der Waals surface area contributed by atoms with Gasteiger partial charge in [-0.1, -0.05) is 18.2 Å². The number of aliphatic carboxylic acids is 1. The molecule has 11 heteroatoms. The molecule has 0 spiro atoms. The number of piperazine rings is 1. The first-order valence-corrected chi connectivity index (χ1v) is 13.3. The number of para-hydroxylation sites is 1. The standard InChI is InChI=1S/C25H28N4O6S/c1-36(33,34)29-14-12-28(13-15-29)23(25(31)32)16-27-24(30)18-6-8-20(9-7-18)35-17-19-10-11-26-22-5-3-2-4-21(19)22/h2-11,23H,12-17H2,1H3,(H,27,30)(H,31,32)/t23-/m0/s1. The quantitative estimate of drug-likeness (QED) is 0.442. The Balaban J connectivity index is 1.31. The lowest BCUT2D eigenvalue weighted by molar-refractivity contribution is -0.143. The van der Waals surface area contributed by atoms with E-state index in [0.717, 1.165) is 22.7 Å². The van der Waals surface area contributed by atoms with Gasteiger partial charge in [-0.3, -0.25) is 19.5 Å². The van der Waals surface area contributed by atoms with E-state index in [0.29, 0.717) is 17.9 Å². The van der Waals surface area contributed by atoms with E-state index in [-0.39, 0.29) is 32.7 Å². The summed E-state index contributed by atoms with van der Waals surface area (Å²) < 4.78 is 30.6. The highest BCUT2D eigenvalue weighted by Gasteiger charge is 2.31. The molecule has 1 saturated heterocycles. The minimum Gasteiger partial charge on any atom is -0.489 e. The molecule has 1 aliphatic rings. The molecule has 0 unspecified atom stereocenters. The van der Waals surface area contributed by atoms with Crippen LogP contribution < -0.4 is 10.1 Å². The normalized spacial score (nSPS) is 15.9. The third kappa shape index (κ3) is 6.17. The molecule has 0 radical (unpaired) electrons. The van der Waals surface area contributed by atoms with E-state index in [1.54, 1.807) is 35.4 Å². The van der Waals surface area contributed by atoms with E-state index in [1.807, 2.05) is 30.3 Å². The average Bonchev–Trinajstić information content (AvgIpc) is 2.87. The molecule has 1 fully saturated rings. The van der Waals surface area contributed by atoms with Gasteiger partial charge in [0.25, 0.3) is 5.91 Å². The van der Waals surface area contributed by atoms with Crippen LogP contribution in [0.25, 0.3) is 10.9 Å². The molecule has 2 N–H and O–H groups in total. The SMILES string of the molecule is CS(=O)(=O)N1CCN([C@@H](CNC(=O)c2ccc(OCc3ccnc4ccccc34)cc2)C(=O)O)CC1. The summed E-state index contributed by atoms with van der Waals surface area (Å²) in [6.07, 6.45) is 2.87. The summed E-state index contributed by atoms with van der Waals surface area (Å²) in [5.74, 6) is -0.877. The third-order valence-electron chi connectivity index (χ3n) is 6.17. The summed E-state index contributed by atoms with van der Waals surface area (Å²) in [6.45, 7) is 1.24. The number of ether oxygens (including phenoxy) is 1. The van der Waals surface area contributed by atoms with Crippen LogP contribution in [0, 0.1) is 0 Å². The Morgan fingerprint density at radius 1 is 1.06 bits per heavy atom. The zero-order valence-electron chi connectivity index (χ0n) is 19.8. The number of carbonyl (C=O) groups excluding carboxylic acids is 1. The predicted octanol–water partition coefficient (Wildman–Crippen LogP) is 1.57. The van der Waals surface area contributed by atoms with Crippen molar-refractivity contribution in [3.8, 4) is 5.75 Å². The molecule has 4 rings (SSSR count). The molecular weight excluding hydrogens is 484 g/mol. The minimum absolute atomic E-state index is 0.0968. The van der Waals surface area contributed by atoms with Gasteiger partial charge in [-0.05, 0) is 36.4 Å². The van der Waals surface area contributed by atoms with Crippen LogP contribution >= 0.6 is 0 Å². The van der Waals surface area contributed by atoms with E-state index in [2.05, 4.69) is 10.3 Å². The summed E-state index contributed by atoms with van der Waals surface area (Å²) in [5, 5.41) is 13.3. The summed E-state index contributed by atoms with van der Waals surface area (Å²) >= 11 is 0. The number of amides is 1. The fourth-order valence-corrected chi connectivity index (χ4v) is 4.98. The van der Waals surface area contributed by atoms with Crippen LogP contribution in [0.15, 0.2) is 60.8 Å². The average molecular weight is 513 g/mol. The number of carboxylic acids is 1. The number of nitrogens with zero attached hydrogens (tertiary/aromatic N) is 3. The van der Waals surface area contributed by atoms with Crippen LogP contribution in [0.4, 0.5) is 0 Å². The number of carbonyl (C=O) groups is 2. The van der Waals surface area contributed by atoms with Crippen molar-refractivity contribution in [1.82, 2.24) is 19.5 Å². The highest BCUT2D eigenvalue weighted by Crippen LogP contribution is 2.19. The van der Waals surface area contributed by atoms with Crippen LogP contribution in [-0.2, 0) is 21.4 Å². The first-order chi connectivity index (χ1) is 17.2. The van der Waals surface area contributed by atoms with Crippen LogP contribution in [0.2, 0.25) is 0 Å². The number of pyridine rings is 1. The number of benzene rings is 2. The lowest BCUT2D eigenvalue weighted by Crippen LogP contribution is -2.56. The number of aromatic nitrogens is 1. The number of rotatable bonds is 9. The summed E-state index contributed by atoms with van der Waals surface area (Å²) in [7, 11) is -3.31. The largest absolute Gasteiger partial charge is 0.489 e. The monoisotopic (exact) mass is 512 g/mol. The number of sulfonamides is 1. The van der Waals surface area contributed by atoms with Gasteiger partial charge in [0.2, 0.25) is 10.0 Å². The molecule has 0 bridgehead atoms. The lowest BCUT2D eigenvalue weighted by atomic mass is 10.1. The Kier molecular flexibility index (Phi) is 7.82. The Hall–Kier alpha value is -3.54. The Labute approximate surface area is 209 Å². The van der Waals surface area contributed by atoms with Crippen LogP contribution in [-0.4, -0.2) is 84.6 Å². The zero-order chi connectivity index (χ0) is 25.7. The van der Waals surface area contributed by atoms with Crippen molar-refractivity contribution < 1.29 is 27.9 Å². The van der Waals surface area contributed by atoms with Crippen LogP contribution in [0.3, 0.4) is 0 Å². The van der Waals surface area contributed by atoms with Gasteiger partial charge in [0.05, 0.1) is 11.8 Å². The number of carboxylic acid groups (broad SMARTS) is 1. The van der Waals surface area contributed by atoms with Crippen LogP contribution in [0.5, 0.6) is 5.75 Å². The predicted molar refractivity (Wildman–Crippen MR) is 134 cm³/mol.